The number of hydrogen-bond donors (Lipinski definition) is 0. The molecule has 1 aromatic rings. The summed E-state index contributed by atoms with van der Waals surface area (Å²) in [6.45, 7) is 4.19. The van der Waals surface area contributed by atoms with Crippen molar-refractivity contribution >= 4 is 21.6 Å². The lowest BCUT2D eigenvalue weighted by atomic mass is 10.2. The fourth-order valence-corrected chi connectivity index (χ4v) is 4.97. The number of sulfone groups is 1. The third kappa shape index (κ3) is 2.59. The van der Waals surface area contributed by atoms with E-state index < -0.39 is 26.6 Å². The lowest BCUT2D eigenvalue weighted by Crippen LogP contribution is -2.38. The van der Waals surface area contributed by atoms with Gasteiger partial charge in [0.25, 0.3) is 0 Å². The molecule has 1 aromatic carbocycles. The van der Waals surface area contributed by atoms with Crippen molar-refractivity contribution in [3.8, 4) is 6.07 Å². The Morgan fingerprint density at radius 2 is 2.30 bits per heavy atom. The lowest BCUT2D eigenvalue weighted by molar-refractivity contribution is 0.356. The van der Waals surface area contributed by atoms with Gasteiger partial charge < -0.3 is 0 Å². The van der Waals surface area contributed by atoms with Crippen LogP contribution in [-0.4, -0.2) is 36.9 Å². The quantitative estimate of drug-likeness (QED) is 0.796. The Morgan fingerprint density at radius 1 is 1.55 bits per heavy atom. The molecule has 1 unspecified atom stereocenters. The van der Waals surface area contributed by atoms with Crippen LogP contribution in [0.15, 0.2) is 35.7 Å². The minimum Gasteiger partial charge on any atom is -0.274 e. The summed E-state index contributed by atoms with van der Waals surface area (Å²) in [4.78, 5) is 1.47. The molecule has 2 rings (SSSR count). The SMILES string of the molecule is C=CC(N1CCSC1)S(=O)(=O)c1cccc(F)c1C#N. The van der Waals surface area contributed by atoms with Gasteiger partial charge >= 0.3 is 0 Å². The molecule has 1 heterocycles. The van der Waals surface area contributed by atoms with Gasteiger partial charge in [-0.2, -0.15) is 5.26 Å². The molecule has 0 saturated carbocycles. The predicted molar refractivity (Wildman–Crippen MR) is 76.3 cm³/mol. The van der Waals surface area contributed by atoms with E-state index in [0.29, 0.717) is 12.4 Å². The fourth-order valence-electron chi connectivity index (χ4n) is 2.08. The largest absolute Gasteiger partial charge is 0.274 e. The summed E-state index contributed by atoms with van der Waals surface area (Å²) >= 11 is 1.62. The van der Waals surface area contributed by atoms with Crippen LogP contribution in [0.1, 0.15) is 5.56 Å². The van der Waals surface area contributed by atoms with E-state index >= 15 is 0 Å². The first-order valence-electron chi connectivity index (χ1n) is 5.89. The van der Waals surface area contributed by atoms with Crippen molar-refractivity contribution in [2.45, 2.75) is 10.3 Å². The molecule has 0 N–H and O–H groups in total. The maximum atomic E-state index is 13.6. The van der Waals surface area contributed by atoms with Crippen LogP contribution in [0.25, 0.3) is 0 Å². The first-order chi connectivity index (χ1) is 9.52. The Morgan fingerprint density at radius 3 is 2.85 bits per heavy atom. The van der Waals surface area contributed by atoms with Gasteiger partial charge in [-0.15, -0.1) is 18.3 Å². The Balaban J connectivity index is 2.52. The van der Waals surface area contributed by atoms with Crippen LogP contribution in [0.4, 0.5) is 4.39 Å². The maximum Gasteiger partial charge on any atom is 0.199 e. The Labute approximate surface area is 121 Å². The fraction of sp³-hybridized carbons (Fsp3) is 0.308. The van der Waals surface area contributed by atoms with E-state index in [1.54, 1.807) is 22.7 Å². The smallest absolute Gasteiger partial charge is 0.199 e. The van der Waals surface area contributed by atoms with Crippen molar-refractivity contribution in [3.05, 3.63) is 42.2 Å². The summed E-state index contributed by atoms with van der Waals surface area (Å²) in [5, 5.41) is 8.05. The zero-order valence-corrected chi connectivity index (χ0v) is 12.3. The zero-order valence-electron chi connectivity index (χ0n) is 10.6. The number of thioether (sulfide) groups is 1. The van der Waals surface area contributed by atoms with E-state index in [0.717, 1.165) is 11.8 Å². The highest BCUT2D eigenvalue weighted by atomic mass is 32.2. The maximum absolute atomic E-state index is 13.6. The standard InChI is InChI=1S/C13H13FN2O2S2/c1-2-13(16-6-7-19-9-16)20(17,18)12-5-3-4-11(14)10(12)8-15/h2-5,13H,1,6-7,9H2. The summed E-state index contributed by atoms with van der Waals surface area (Å²) < 4.78 is 38.9. The van der Waals surface area contributed by atoms with Gasteiger partial charge in [0, 0.05) is 18.2 Å². The number of hydrogen-bond acceptors (Lipinski definition) is 5. The molecule has 106 valence electrons. The molecule has 1 aliphatic rings. The molecule has 0 bridgehead atoms. The molecule has 1 saturated heterocycles. The zero-order chi connectivity index (χ0) is 14.8. The molecule has 20 heavy (non-hydrogen) atoms. The third-order valence-electron chi connectivity index (χ3n) is 3.05. The van der Waals surface area contributed by atoms with Crippen molar-refractivity contribution in [1.29, 1.82) is 5.26 Å². The second-order valence-electron chi connectivity index (χ2n) is 4.25. The van der Waals surface area contributed by atoms with Crippen LogP contribution in [0.3, 0.4) is 0 Å². The molecule has 1 atom stereocenters. The van der Waals surface area contributed by atoms with Gasteiger partial charge in [0.1, 0.15) is 22.8 Å². The highest BCUT2D eigenvalue weighted by Gasteiger charge is 2.34. The van der Waals surface area contributed by atoms with E-state index in [9.17, 15) is 12.8 Å². The molecule has 0 aliphatic carbocycles. The van der Waals surface area contributed by atoms with Crippen molar-refractivity contribution in [3.63, 3.8) is 0 Å². The van der Waals surface area contributed by atoms with Gasteiger partial charge in [0.15, 0.2) is 9.84 Å². The molecular weight excluding hydrogens is 299 g/mol. The minimum absolute atomic E-state index is 0.276. The van der Waals surface area contributed by atoms with Crippen LogP contribution in [-0.2, 0) is 9.84 Å². The molecule has 1 aliphatic heterocycles. The van der Waals surface area contributed by atoms with Gasteiger partial charge in [-0.1, -0.05) is 12.1 Å². The number of halogens is 1. The summed E-state index contributed by atoms with van der Waals surface area (Å²) in [7, 11) is -3.87. The summed E-state index contributed by atoms with van der Waals surface area (Å²) in [5.74, 6) is 0.591. The van der Waals surface area contributed by atoms with Gasteiger partial charge in [-0.3, -0.25) is 4.90 Å². The molecule has 0 aromatic heterocycles. The van der Waals surface area contributed by atoms with E-state index in [4.69, 9.17) is 5.26 Å². The predicted octanol–water partition coefficient (Wildman–Crippen LogP) is 1.99. The average Bonchev–Trinajstić information content (AvgIpc) is 2.92. The van der Waals surface area contributed by atoms with E-state index in [2.05, 4.69) is 6.58 Å². The number of nitriles is 1. The average molecular weight is 312 g/mol. The third-order valence-corrected chi connectivity index (χ3v) is 6.12. The second kappa shape index (κ2) is 5.95. The van der Waals surface area contributed by atoms with Gasteiger partial charge in [-0.25, -0.2) is 12.8 Å². The molecule has 1 fully saturated rings. The van der Waals surface area contributed by atoms with Crippen LogP contribution >= 0.6 is 11.8 Å². The monoisotopic (exact) mass is 312 g/mol. The molecule has 4 nitrogen and oxygen atoms in total. The second-order valence-corrected chi connectivity index (χ2v) is 7.33. The van der Waals surface area contributed by atoms with Gasteiger partial charge in [0.2, 0.25) is 0 Å². The van der Waals surface area contributed by atoms with Crippen molar-refractivity contribution in [2.24, 2.45) is 0 Å². The minimum atomic E-state index is -3.87. The lowest BCUT2D eigenvalue weighted by Gasteiger charge is -2.24. The van der Waals surface area contributed by atoms with Crippen molar-refractivity contribution in [1.82, 2.24) is 4.90 Å². The molecule has 0 spiro atoms. The van der Waals surface area contributed by atoms with Crippen LogP contribution in [0, 0.1) is 17.1 Å². The van der Waals surface area contributed by atoms with Crippen LogP contribution in [0.5, 0.6) is 0 Å². The molecule has 0 amide bonds. The summed E-state index contributed by atoms with van der Waals surface area (Å²) in [6.07, 6.45) is 1.33. The van der Waals surface area contributed by atoms with E-state index in [-0.39, 0.29) is 4.90 Å². The van der Waals surface area contributed by atoms with Crippen LogP contribution < -0.4 is 0 Å². The Kier molecular flexibility index (Phi) is 4.48. The number of nitrogens with zero attached hydrogens (tertiary/aromatic N) is 2. The van der Waals surface area contributed by atoms with Crippen molar-refractivity contribution in [2.75, 3.05) is 18.2 Å². The number of rotatable bonds is 4. The van der Waals surface area contributed by atoms with Gasteiger partial charge in [-0.05, 0) is 12.1 Å². The highest BCUT2D eigenvalue weighted by Crippen LogP contribution is 2.27. The summed E-state index contributed by atoms with van der Waals surface area (Å²) in [5.41, 5.74) is -0.439. The van der Waals surface area contributed by atoms with E-state index in [1.165, 1.54) is 18.2 Å². The Hall–Kier alpha value is -1.36. The molecule has 0 radical (unpaired) electrons. The van der Waals surface area contributed by atoms with Gasteiger partial charge in [0.05, 0.1) is 4.90 Å². The summed E-state index contributed by atoms with van der Waals surface area (Å²) in [6, 6.07) is 5.26. The van der Waals surface area contributed by atoms with E-state index in [1.807, 2.05) is 0 Å². The van der Waals surface area contributed by atoms with Crippen molar-refractivity contribution < 1.29 is 12.8 Å². The normalized spacial score (nSPS) is 17.6. The van der Waals surface area contributed by atoms with Crippen LogP contribution in [0.2, 0.25) is 0 Å². The first kappa shape index (κ1) is 15.0. The molecular formula is C13H13FN2O2S2. The topological polar surface area (TPSA) is 61.2 Å². The molecule has 7 heteroatoms. The highest BCUT2D eigenvalue weighted by molar-refractivity contribution is 7.99. The number of benzene rings is 1. The first-order valence-corrected chi connectivity index (χ1v) is 8.59. The Bertz CT molecular complexity index is 661.